The third-order valence-corrected chi connectivity index (χ3v) is 4.38. The summed E-state index contributed by atoms with van der Waals surface area (Å²) in [4.78, 5) is 22.2. The predicted molar refractivity (Wildman–Crippen MR) is 103 cm³/mol. The molecule has 0 radical (unpaired) electrons. The van der Waals surface area contributed by atoms with E-state index in [9.17, 15) is 14.9 Å². The second kappa shape index (κ2) is 8.03. The van der Waals surface area contributed by atoms with E-state index in [2.05, 4.69) is 6.92 Å². The van der Waals surface area contributed by atoms with Gasteiger partial charge in [0.25, 0.3) is 5.69 Å². The van der Waals surface area contributed by atoms with Gasteiger partial charge >= 0.3 is 5.63 Å². The summed E-state index contributed by atoms with van der Waals surface area (Å²) < 4.78 is 11.4. The van der Waals surface area contributed by atoms with Gasteiger partial charge in [-0.15, -0.1) is 0 Å². The van der Waals surface area contributed by atoms with Crippen LogP contribution in [0.4, 0.5) is 5.69 Å². The summed E-state index contributed by atoms with van der Waals surface area (Å²) in [6.07, 6.45) is 2.76. The molecule has 6 heteroatoms. The summed E-state index contributed by atoms with van der Waals surface area (Å²) in [6, 6.07) is 11.6. The Morgan fingerprint density at radius 2 is 1.89 bits per heavy atom. The van der Waals surface area contributed by atoms with Crippen LogP contribution in [0.3, 0.4) is 0 Å². The number of aryl methyl sites for hydroxylation is 2. The molecule has 0 saturated carbocycles. The van der Waals surface area contributed by atoms with Crippen LogP contribution in [0.1, 0.15) is 36.5 Å². The predicted octanol–water partition coefficient (Wildman–Crippen LogP) is 4.93. The van der Waals surface area contributed by atoms with E-state index in [1.54, 1.807) is 12.1 Å². The SMILES string of the molecule is CCCCc1cc(=O)oc2cc(C)cc(OCc3ccc([N+](=O)[O-])cc3)c12. The van der Waals surface area contributed by atoms with Gasteiger partial charge in [-0.3, -0.25) is 10.1 Å². The molecule has 3 rings (SSSR count). The lowest BCUT2D eigenvalue weighted by Gasteiger charge is -2.13. The van der Waals surface area contributed by atoms with Crippen molar-refractivity contribution in [1.29, 1.82) is 0 Å². The van der Waals surface area contributed by atoms with E-state index in [-0.39, 0.29) is 17.9 Å². The van der Waals surface area contributed by atoms with Gasteiger partial charge in [0.1, 0.15) is 17.9 Å². The van der Waals surface area contributed by atoms with Crippen LogP contribution in [0.5, 0.6) is 5.75 Å². The normalized spacial score (nSPS) is 10.9. The molecule has 2 aromatic carbocycles. The van der Waals surface area contributed by atoms with Crippen LogP contribution in [-0.4, -0.2) is 4.92 Å². The minimum Gasteiger partial charge on any atom is -0.488 e. The van der Waals surface area contributed by atoms with E-state index in [1.165, 1.54) is 18.2 Å². The van der Waals surface area contributed by atoms with Crippen molar-refractivity contribution >= 4 is 16.7 Å². The van der Waals surface area contributed by atoms with Gasteiger partial charge in [0, 0.05) is 18.2 Å². The van der Waals surface area contributed by atoms with Gasteiger partial charge in [0.2, 0.25) is 0 Å². The zero-order valence-corrected chi connectivity index (χ0v) is 15.4. The Bertz CT molecular complexity index is 1020. The maximum Gasteiger partial charge on any atom is 0.336 e. The molecule has 0 aliphatic carbocycles. The van der Waals surface area contributed by atoms with Crippen LogP contribution in [0.15, 0.2) is 51.7 Å². The lowest BCUT2D eigenvalue weighted by Crippen LogP contribution is -2.04. The van der Waals surface area contributed by atoms with Crippen molar-refractivity contribution in [3.05, 3.63) is 79.7 Å². The molecule has 27 heavy (non-hydrogen) atoms. The zero-order valence-electron chi connectivity index (χ0n) is 15.4. The summed E-state index contributed by atoms with van der Waals surface area (Å²) in [5.41, 5.74) is 2.87. The monoisotopic (exact) mass is 367 g/mol. The lowest BCUT2D eigenvalue weighted by molar-refractivity contribution is -0.384. The molecule has 0 saturated heterocycles. The van der Waals surface area contributed by atoms with E-state index in [0.717, 1.165) is 41.3 Å². The molecule has 0 bridgehead atoms. The second-order valence-corrected chi connectivity index (χ2v) is 6.54. The lowest BCUT2D eigenvalue weighted by atomic mass is 10.0. The summed E-state index contributed by atoms with van der Waals surface area (Å²) in [5, 5.41) is 11.6. The van der Waals surface area contributed by atoms with Crippen LogP contribution in [0.25, 0.3) is 11.0 Å². The zero-order chi connectivity index (χ0) is 19.4. The van der Waals surface area contributed by atoms with Crippen LogP contribution in [-0.2, 0) is 13.0 Å². The average Bonchev–Trinajstić information content (AvgIpc) is 2.63. The summed E-state index contributed by atoms with van der Waals surface area (Å²) >= 11 is 0. The van der Waals surface area contributed by atoms with Crippen LogP contribution < -0.4 is 10.4 Å². The number of fused-ring (bicyclic) bond motifs is 1. The Hall–Kier alpha value is -3.15. The fraction of sp³-hybridized carbons (Fsp3) is 0.286. The molecule has 1 aromatic heterocycles. The van der Waals surface area contributed by atoms with E-state index in [0.29, 0.717) is 11.3 Å². The second-order valence-electron chi connectivity index (χ2n) is 6.54. The number of nitrogens with zero attached hydrogens (tertiary/aromatic N) is 1. The van der Waals surface area contributed by atoms with Crippen molar-refractivity contribution in [3.63, 3.8) is 0 Å². The minimum atomic E-state index is -0.430. The minimum absolute atomic E-state index is 0.0448. The number of non-ortho nitro benzene ring substituents is 1. The first kappa shape index (κ1) is 18.6. The van der Waals surface area contributed by atoms with Gasteiger partial charge in [-0.1, -0.05) is 13.3 Å². The smallest absolute Gasteiger partial charge is 0.336 e. The molecule has 0 aliphatic heterocycles. The Labute approximate surface area is 156 Å². The molecule has 0 amide bonds. The number of unbranched alkanes of at least 4 members (excludes halogenated alkanes) is 1. The van der Waals surface area contributed by atoms with Crippen molar-refractivity contribution in [1.82, 2.24) is 0 Å². The maximum atomic E-state index is 11.9. The first-order valence-electron chi connectivity index (χ1n) is 8.91. The average molecular weight is 367 g/mol. The Kier molecular flexibility index (Phi) is 5.54. The largest absolute Gasteiger partial charge is 0.488 e. The summed E-state index contributed by atoms with van der Waals surface area (Å²) in [7, 11) is 0. The molecule has 6 nitrogen and oxygen atoms in total. The summed E-state index contributed by atoms with van der Waals surface area (Å²) in [5.74, 6) is 0.651. The number of nitro benzene ring substituents is 1. The third kappa shape index (κ3) is 4.34. The van der Waals surface area contributed by atoms with Crippen molar-refractivity contribution in [2.45, 2.75) is 39.7 Å². The van der Waals surface area contributed by atoms with Crippen molar-refractivity contribution < 1.29 is 14.1 Å². The van der Waals surface area contributed by atoms with E-state index in [1.807, 2.05) is 19.1 Å². The number of ether oxygens (including phenoxy) is 1. The molecule has 3 aromatic rings. The molecule has 0 atom stereocenters. The first-order chi connectivity index (χ1) is 13.0. The quantitative estimate of drug-likeness (QED) is 0.336. The van der Waals surface area contributed by atoms with Gasteiger partial charge < -0.3 is 9.15 Å². The van der Waals surface area contributed by atoms with Gasteiger partial charge in [0.15, 0.2) is 0 Å². The molecule has 0 spiro atoms. The molecular formula is C21H21NO5. The number of benzene rings is 2. The third-order valence-electron chi connectivity index (χ3n) is 4.38. The number of nitro groups is 1. The van der Waals surface area contributed by atoms with E-state index >= 15 is 0 Å². The number of hydrogen-bond acceptors (Lipinski definition) is 5. The van der Waals surface area contributed by atoms with Gasteiger partial charge in [-0.2, -0.15) is 0 Å². The van der Waals surface area contributed by atoms with Gasteiger partial charge in [-0.25, -0.2) is 4.79 Å². The Morgan fingerprint density at radius 3 is 2.56 bits per heavy atom. The fourth-order valence-corrected chi connectivity index (χ4v) is 3.02. The number of hydrogen-bond donors (Lipinski definition) is 0. The highest BCUT2D eigenvalue weighted by Gasteiger charge is 2.13. The Morgan fingerprint density at radius 1 is 1.15 bits per heavy atom. The molecule has 0 fully saturated rings. The van der Waals surface area contributed by atoms with Gasteiger partial charge in [0.05, 0.1) is 10.3 Å². The fourth-order valence-electron chi connectivity index (χ4n) is 3.02. The summed E-state index contributed by atoms with van der Waals surface area (Å²) in [6.45, 7) is 4.28. The molecule has 0 unspecified atom stereocenters. The highest BCUT2D eigenvalue weighted by molar-refractivity contribution is 5.87. The van der Waals surface area contributed by atoms with Crippen LogP contribution in [0, 0.1) is 17.0 Å². The first-order valence-corrected chi connectivity index (χ1v) is 8.91. The number of rotatable bonds is 7. The van der Waals surface area contributed by atoms with Crippen molar-refractivity contribution in [2.24, 2.45) is 0 Å². The van der Waals surface area contributed by atoms with Crippen LogP contribution in [0.2, 0.25) is 0 Å². The highest BCUT2D eigenvalue weighted by Crippen LogP contribution is 2.31. The molecule has 140 valence electrons. The van der Waals surface area contributed by atoms with E-state index < -0.39 is 4.92 Å². The standard InChI is InChI=1S/C21H21NO5/c1-3-4-5-16-12-20(23)27-19-11-14(2)10-18(21(16)19)26-13-15-6-8-17(9-7-15)22(24)25/h6-12H,3-5,13H2,1-2H3. The van der Waals surface area contributed by atoms with E-state index in [4.69, 9.17) is 9.15 Å². The molecule has 0 aliphatic rings. The van der Waals surface area contributed by atoms with Crippen molar-refractivity contribution in [3.8, 4) is 5.75 Å². The van der Waals surface area contributed by atoms with Crippen molar-refractivity contribution in [2.75, 3.05) is 0 Å². The molecular weight excluding hydrogens is 346 g/mol. The van der Waals surface area contributed by atoms with Gasteiger partial charge in [-0.05, 0) is 60.7 Å². The Balaban J connectivity index is 1.95. The topological polar surface area (TPSA) is 82.6 Å². The molecule has 0 N–H and O–H groups in total. The van der Waals surface area contributed by atoms with Crippen LogP contribution >= 0.6 is 0 Å². The molecule has 1 heterocycles. The highest BCUT2D eigenvalue weighted by atomic mass is 16.6. The maximum absolute atomic E-state index is 11.9.